The Bertz CT molecular complexity index is 347. The van der Waals surface area contributed by atoms with Gasteiger partial charge < -0.3 is 0 Å². The van der Waals surface area contributed by atoms with Gasteiger partial charge in [0, 0.05) is 11.5 Å². The molecule has 0 amide bonds. The van der Waals surface area contributed by atoms with Gasteiger partial charge in [-0.05, 0) is 11.5 Å². The lowest BCUT2D eigenvalue weighted by Gasteiger charge is -2.05. The molecule has 4 nitrogen and oxygen atoms in total. The Labute approximate surface area is 113 Å². The van der Waals surface area contributed by atoms with Crippen LogP contribution in [0.1, 0.15) is 13.8 Å². The molecule has 0 aromatic carbocycles. The SMILES string of the molecule is CCSCCS(=O)(=O)CS(=O)(=O)CCSCC. The van der Waals surface area contributed by atoms with Crippen LogP contribution in [0.5, 0.6) is 0 Å². The van der Waals surface area contributed by atoms with Crippen LogP contribution >= 0.6 is 23.5 Å². The Balaban J connectivity index is 4.19. The van der Waals surface area contributed by atoms with E-state index in [1.807, 2.05) is 13.8 Å². The number of hydrogen-bond acceptors (Lipinski definition) is 6. The van der Waals surface area contributed by atoms with Crippen molar-refractivity contribution in [2.45, 2.75) is 13.8 Å². The molecule has 104 valence electrons. The van der Waals surface area contributed by atoms with Crippen LogP contribution in [0.4, 0.5) is 0 Å². The molecule has 0 saturated carbocycles. The van der Waals surface area contributed by atoms with Crippen LogP contribution in [-0.4, -0.2) is 56.4 Å². The summed E-state index contributed by atoms with van der Waals surface area (Å²) in [6, 6.07) is 0. The zero-order valence-corrected chi connectivity index (χ0v) is 13.5. The van der Waals surface area contributed by atoms with E-state index in [1.54, 1.807) is 0 Å². The number of hydrogen-bond donors (Lipinski definition) is 0. The van der Waals surface area contributed by atoms with Gasteiger partial charge in [0.2, 0.25) is 0 Å². The first kappa shape index (κ1) is 17.6. The summed E-state index contributed by atoms with van der Waals surface area (Å²) in [6.07, 6.45) is 0. The van der Waals surface area contributed by atoms with Gasteiger partial charge in [-0.3, -0.25) is 0 Å². The standard InChI is InChI=1S/C9H20O4S4/c1-3-14-5-7-16(10,11)9-17(12,13)8-6-15-4-2/h3-9H2,1-2H3. The van der Waals surface area contributed by atoms with Crippen LogP contribution in [0.15, 0.2) is 0 Å². The molecule has 0 fully saturated rings. The normalized spacial score (nSPS) is 12.8. The van der Waals surface area contributed by atoms with E-state index in [1.165, 1.54) is 23.5 Å². The molecule has 0 N–H and O–H groups in total. The van der Waals surface area contributed by atoms with Crippen molar-refractivity contribution in [1.82, 2.24) is 0 Å². The van der Waals surface area contributed by atoms with Crippen LogP contribution in [0.25, 0.3) is 0 Å². The van der Waals surface area contributed by atoms with Crippen molar-refractivity contribution in [1.29, 1.82) is 0 Å². The third kappa shape index (κ3) is 10.2. The first-order chi connectivity index (χ1) is 7.83. The highest BCUT2D eigenvalue weighted by Gasteiger charge is 2.21. The van der Waals surface area contributed by atoms with Gasteiger partial charge in [0.1, 0.15) is 0 Å². The highest BCUT2D eigenvalue weighted by atomic mass is 32.3. The van der Waals surface area contributed by atoms with E-state index in [4.69, 9.17) is 0 Å². The second-order valence-corrected chi connectivity index (χ2v) is 10.9. The lowest BCUT2D eigenvalue weighted by Crippen LogP contribution is -2.23. The summed E-state index contributed by atoms with van der Waals surface area (Å²) < 4.78 is 46.2. The van der Waals surface area contributed by atoms with E-state index < -0.39 is 24.8 Å². The third-order valence-corrected chi connectivity index (χ3v) is 8.69. The second kappa shape index (κ2) is 8.66. The summed E-state index contributed by atoms with van der Waals surface area (Å²) in [5, 5.41) is -0.700. The molecule has 0 unspecified atom stereocenters. The van der Waals surface area contributed by atoms with Gasteiger partial charge in [-0.25, -0.2) is 16.8 Å². The van der Waals surface area contributed by atoms with E-state index in [9.17, 15) is 16.8 Å². The van der Waals surface area contributed by atoms with E-state index in [0.29, 0.717) is 11.5 Å². The minimum absolute atomic E-state index is 0.0499. The summed E-state index contributed by atoms with van der Waals surface area (Å²) in [4.78, 5) is 0. The predicted molar refractivity (Wildman–Crippen MR) is 78.4 cm³/mol. The average Bonchev–Trinajstić information content (AvgIpc) is 2.16. The van der Waals surface area contributed by atoms with Crippen LogP contribution < -0.4 is 0 Å². The first-order valence-corrected chi connectivity index (χ1v) is 11.3. The third-order valence-electron chi connectivity index (χ3n) is 1.84. The topological polar surface area (TPSA) is 68.3 Å². The van der Waals surface area contributed by atoms with Crippen molar-refractivity contribution in [3.05, 3.63) is 0 Å². The molecule has 8 heteroatoms. The Morgan fingerprint density at radius 1 is 0.765 bits per heavy atom. The fraction of sp³-hybridized carbons (Fsp3) is 1.00. The molecule has 0 aromatic heterocycles. The first-order valence-electron chi connectivity index (χ1n) is 5.39. The molecule has 0 aliphatic carbocycles. The second-order valence-electron chi connectivity index (χ2n) is 3.41. The molecular weight excluding hydrogens is 300 g/mol. The molecule has 0 rings (SSSR count). The maximum absolute atomic E-state index is 11.6. The van der Waals surface area contributed by atoms with Gasteiger partial charge in [-0.15, -0.1) is 0 Å². The average molecular weight is 321 g/mol. The van der Waals surface area contributed by atoms with Gasteiger partial charge in [0.15, 0.2) is 24.8 Å². The van der Waals surface area contributed by atoms with Gasteiger partial charge in [-0.2, -0.15) is 23.5 Å². The minimum Gasteiger partial charge on any atom is -0.228 e. The number of thioether (sulfide) groups is 2. The van der Waals surface area contributed by atoms with E-state index >= 15 is 0 Å². The summed E-state index contributed by atoms with van der Waals surface area (Å²) in [6.45, 7) is 3.88. The molecule has 0 radical (unpaired) electrons. The molecular formula is C9H20O4S4. The maximum atomic E-state index is 11.6. The highest BCUT2D eigenvalue weighted by molar-refractivity contribution is 8.09. The maximum Gasteiger partial charge on any atom is 0.165 e. The monoisotopic (exact) mass is 320 g/mol. The van der Waals surface area contributed by atoms with Crippen LogP contribution in [-0.2, 0) is 19.7 Å². The number of rotatable bonds is 10. The van der Waals surface area contributed by atoms with Crippen molar-refractivity contribution in [2.24, 2.45) is 0 Å². The Hall–Kier alpha value is 0.600. The van der Waals surface area contributed by atoms with Gasteiger partial charge in [0.05, 0.1) is 11.5 Å². The Morgan fingerprint density at radius 2 is 1.12 bits per heavy atom. The molecule has 0 atom stereocenters. The molecule has 0 bridgehead atoms. The smallest absolute Gasteiger partial charge is 0.165 e. The van der Waals surface area contributed by atoms with Crippen molar-refractivity contribution in [3.8, 4) is 0 Å². The molecule has 0 heterocycles. The molecule has 0 aliphatic rings. The van der Waals surface area contributed by atoms with Crippen LogP contribution in [0.3, 0.4) is 0 Å². The Morgan fingerprint density at radius 3 is 1.41 bits per heavy atom. The summed E-state index contributed by atoms with van der Waals surface area (Å²) in [5.74, 6) is 2.53. The van der Waals surface area contributed by atoms with Crippen LogP contribution in [0, 0.1) is 0 Å². The minimum atomic E-state index is -3.47. The molecule has 0 aromatic rings. The van der Waals surface area contributed by atoms with Crippen molar-refractivity contribution < 1.29 is 16.8 Å². The highest BCUT2D eigenvalue weighted by Crippen LogP contribution is 2.07. The summed E-state index contributed by atoms with van der Waals surface area (Å²) >= 11 is 3.01. The van der Waals surface area contributed by atoms with E-state index in [2.05, 4.69) is 0 Å². The zero-order valence-electron chi connectivity index (χ0n) is 10.2. The quantitative estimate of drug-likeness (QED) is 0.565. The largest absolute Gasteiger partial charge is 0.228 e. The van der Waals surface area contributed by atoms with Gasteiger partial charge in [0.25, 0.3) is 0 Å². The van der Waals surface area contributed by atoms with E-state index in [0.717, 1.165) is 11.5 Å². The Kier molecular flexibility index (Phi) is 8.96. The predicted octanol–water partition coefficient (Wildman–Crippen LogP) is 1.28. The molecule has 0 saturated heterocycles. The van der Waals surface area contributed by atoms with Crippen molar-refractivity contribution >= 4 is 43.2 Å². The molecule has 0 spiro atoms. The van der Waals surface area contributed by atoms with E-state index in [-0.39, 0.29) is 11.5 Å². The fourth-order valence-electron chi connectivity index (χ4n) is 1.05. The molecule has 0 aliphatic heterocycles. The van der Waals surface area contributed by atoms with Crippen molar-refractivity contribution in [3.63, 3.8) is 0 Å². The summed E-state index contributed by atoms with van der Waals surface area (Å²) in [7, 11) is -6.93. The lowest BCUT2D eigenvalue weighted by molar-refractivity contribution is 0.590. The van der Waals surface area contributed by atoms with Crippen LogP contribution in [0.2, 0.25) is 0 Å². The number of sulfone groups is 2. The van der Waals surface area contributed by atoms with Gasteiger partial charge >= 0.3 is 0 Å². The van der Waals surface area contributed by atoms with Crippen molar-refractivity contribution in [2.75, 3.05) is 39.6 Å². The zero-order chi connectivity index (χ0) is 13.4. The fourth-order valence-corrected chi connectivity index (χ4v) is 7.73. The summed E-state index contributed by atoms with van der Waals surface area (Å²) in [5.41, 5.74) is 0. The lowest BCUT2D eigenvalue weighted by atomic mass is 10.9. The molecule has 17 heavy (non-hydrogen) atoms. The van der Waals surface area contributed by atoms with Gasteiger partial charge in [-0.1, -0.05) is 13.8 Å².